The third-order valence-electron chi connectivity index (χ3n) is 2.94. The molecular weight excluding hydrogens is 248 g/mol. The number of nitrogen functional groups attached to an aromatic ring is 1. The summed E-state index contributed by atoms with van der Waals surface area (Å²) in [5.41, 5.74) is 9.36. The minimum atomic E-state index is 0.619. The summed E-state index contributed by atoms with van der Waals surface area (Å²) in [5, 5.41) is 0.622. The van der Waals surface area contributed by atoms with Crippen LogP contribution < -0.4 is 5.73 Å². The van der Waals surface area contributed by atoms with Crippen molar-refractivity contribution in [2.45, 2.75) is 0 Å². The summed E-state index contributed by atoms with van der Waals surface area (Å²) >= 11 is 5.91. The van der Waals surface area contributed by atoms with Gasteiger partial charge < -0.3 is 10.3 Å². The van der Waals surface area contributed by atoms with Gasteiger partial charge in [-0.2, -0.15) is 0 Å². The molecule has 1 aromatic carbocycles. The molecule has 0 unspecified atom stereocenters. The molecule has 18 heavy (non-hydrogen) atoms. The summed E-state index contributed by atoms with van der Waals surface area (Å²) in [5.74, 6) is 0.812. The van der Waals surface area contributed by atoms with E-state index in [9.17, 15) is 0 Å². The number of hydrogen-bond acceptors (Lipinski definition) is 3. The third kappa shape index (κ3) is 1.62. The fourth-order valence-corrected chi connectivity index (χ4v) is 2.21. The molecule has 0 saturated heterocycles. The molecule has 0 aliphatic rings. The number of fused-ring (bicyclic) bond motifs is 1. The third-order valence-corrected chi connectivity index (χ3v) is 3.17. The van der Waals surface area contributed by atoms with Crippen LogP contribution in [0.4, 0.5) is 5.69 Å². The van der Waals surface area contributed by atoms with Crippen LogP contribution in [-0.2, 0) is 7.05 Å². The summed E-state index contributed by atoms with van der Waals surface area (Å²) in [6, 6.07) is 7.35. The lowest BCUT2D eigenvalue weighted by Crippen LogP contribution is -1.96. The molecule has 0 atom stereocenters. The maximum atomic E-state index is 5.99. The number of rotatable bonds is 1. The predicted octanol–water partition coefficient (Wildman–Crippen LogP) is 2.87. The van der Waals surface area contributed by atoms with Gasteiger partial charge in [0.15, 0.2) is 0 Å². The Bertz CT molecular complexity index is 733. The molecule has 90 valence electrons. The van der Waals surface area contributed by atoms with Crippen molar-refractivity contribution >= 4 is 28.3 Å². The molecule has 5 heteroatoms. The number of aromatic nitrogens is 3. The number of aryl methyl sites for hydroxylation is 1. The second-order valence-corrected chi connectivity index (χ2v) is 4.53. The zero-order valence-corrected chi connectivity index (χ0v) is 10.5. The van der Waals surface area contributed by atoms with Crippen LogP contribution in [0.1, 0.15) is 0 Å². The standard InChI is InChI=1S/C13H11ClN4/c1-18-12-4-5-16-7-11(12)17-13(18)9-3-2-8(14)6-10(9)15/h2-7H,15H2,1H3. The lowest BCUT2D eigenvalue weighted by molar-refractivity contribution is 0.959. The van der Waals surface area contributed by atoms with Gasteiger partial charge in [-0.15, -0.1) is 0 Å². The van der Waals surface area contributed by atoms with Crippen molar-refractivity contribution in [2.75, 3.05) is 5.73 Å². The molecule has 3 rings (SSSR count). The normalized spacial score (nSPS) is 11.0. The van der Waals surface area contributed by atoms with Gasteiger partial charge in [-0.1, -0.05) is 11.6 Å². The number of anilines is 1. The van der Waals surface area contributed by atoms with Crippen molar-refractivity contribution in [3.05, 3.63) is 41.7 Å². The topological polar surface area (TPSA) is 56.7 Å². The quantitative estimate of drug-likeness (QED) is 0.683. The number of benzene rings is 1. The van der Waals surface area contributed by atoms with Crippen LogP contribution in [0.15, 0.2) is 36.7 Å². The summed E-state index contributed by atoms with van der Waals surface area (Å²) in [7, 11) is 1.96. The largest absolute Gasteiger partial charge is 0.398 e. The molecule has 2 N–H and O–H groups in total. The van der Waals surface area contributed by atoms with Crippen molar-refractivity contribution in [1.82, 2.24) is 14.5 Å². The Balaban J connectivity index is 2.28. The Morgan fingerprint density at radius 1 is 1.28 bits per heavy atom. The molecule has 0 aliphatic carbocycles. The Hall–Kier alpha value is -2.07. The number of imidazole rings is 1. The van der Waals surface area contributed by atoms with Crippen LogP contribution in [0.3, 0.4) is 0 Å². The molecule has 0 fully saturated rings. The van der Waals surface area contributed by atoms with Gasteiger partial charge in [-0.25, -0.2) is 4.98 Å². The molecule has 0 spiro atoms. The van der Waals surface area contributed by atoms with Crippen LogP contribution in [-0.4, -0.2) is 14.5 Å². The van der Waals surface area contributed by atoms with Crippen LogP contribution >= 0.6 is 11.6 Å². The van der Waals surface area contributed by atoms with Gasteiger partial charge >= 0.3 is 0 Å². The highest BCUT2D eigenvalue weighted by molar-refractivity contribution is 6.31. The molecule has 3 aromatic rings. The van der Waals surface area contributed by atoms with E-state index in [2.05, 4.69) is 9.97 Å². The highest BCUT2D eigenvalue weighted by atomic mass is 35.5. The zero-order valence-electron chi connectivity index (χ0n) is 9.76. The average Bonchev–Trinajstić information content (AvgIpc) is 2.68. The highest BCUT2D eigenvalue weighted by Crippen LogP contribution is 2.29. The van der Waals surface area contributed by atoms with E-state index in [1.54, 1.807) is 18.5 Å². The van der Waals surface area contributed by atoms with E-state index in [1.807, 2.05) is 29.8 Å². The fraction of sp³-hybridized carbons (Fsp3) is 0.0769. The van der Waals surface area contributed by atoms with Gasteiger partial charge in [0, 0.05) is 29.5 Å². The van der Waals surface area contributed by atoms with E-state index in [0.29, 0.717) is 10.7 Å². The lowest BCUT2D eigenvalue weighted by Gasteiger charge is -2.06. The van der Waals surface area contributed by atoms with Crippen molar-refractivity contribution in [3.8, 4) is 11.4 Å². The van der Waals surface area contributed by atoms with Gasteiger partial charge in [0.05, 0.1) is 11.7 Å². The maximum absolute atomic E-state index is 5.99. The molecule has 0 aliphatic heterocycles. The summed E-state index contributed by atoms with van der Waals surface area (Å²) < 4.78 is 2.00. The molecule has 0 saturated carbocycles. The van der Waals surface area contributed by atoms with E-state index in [-0.39, 0.29) is 0 Å². The SMILES string of the molecule is Cn1c(-c2ccc(Cl)cc2N)nc2cnccc21. The predicted molar refractivity (Wildman–Crippen MR) is 73.4 cm³/mol. The smallest absolute Gasteiger partial charge is 0.143 e. The van der Waals surface area contributed by atoms with Crippen LogP contribution in [0.5, 0.6) is 0 Å². The molecule has 4 nitrogen and oxygen atoms in total. The van der Waals surface area contributed by atoms with Crippen LogP contribution in [0, 0.1) is 0 Å². The van der Waals surface area contributed by atoms with Crippen molar-refractivity contribution in [3.63, 3.8) is 0 Å². The first-order valence-electron chi connectivity index (χ1n) is 5.48. The number of halogens is 1. The second-order valence-electron chi connectivity index (χ2n) is 4.09. The Morgan fingerprint density at radius 2 is 2.11 bits per heavy atom. The lowest BCUT2D eigenvalue weighted by atomic mass is 10.1. The Labute approximate surface area is 109 Å². The van der Waals surface area contributed by atoms with Gasteiger partial charge in [-0.05, 0) is 24.3 Å². The summed E-state index contributed by atoms with van der Waals surface area (Å²) in [4.78, 5) is 8.62. The van der Waals surface area contributed by atoms with E-state index in [4.69, 9.17) is 17.3 Å². The first kappa shape index (κ1) is 11.0. The minimum absolute atomic E-state index is 0.619. The van der Waals surface area contributed by atoms with E-state index in [0.717, 1.165) is 22.4 Å². The number of hydrogen-bond donors (Lipinski definition) is 1. The highest BCUT2D eigenvalue weighted by Gasteiger charge is 2.12. The number of nitrogens with two attached hydrogens (primary N) is 1. The van der Waals surface area contributed by atoms with E-state index >= 15 is 0 Å². The van der Waals surface area contributed by atoms with E-state index in [1.165, 1.54) is 0 Å². The van der Waals surface area contributed by atoms with Gasteiger partial charge in [-0.3, -0.25) is 4.98 Å². The number of pyridine rings is 1. The molecule has 2 aromatic heterocycles. The monoisotopic (exact) mass is 258 g/mol. The molecule has 2 heterocycles. The Kier molecular flexibility index (Phi) is 2.45. The van der Waals surface area contributed by atoms with E-state index < -0.39 is 0 Å². The first-order valence-corrected chi connectivity index (χ1v) is 5.86. The average molecular weight is 259 g/mol. The number of nitrogens with zero attached hydrogens (tertiary/aromatic N) is 3. The van der Waals surface area contributed by atoms with Crippen LogP contribution in [0.25, 0.3) is 22.4 Å². The summed E-state index contributed by atoms with van der Waals surface area (Å²) in [6.07, 6.45) is 3.49. The molecule has 0 radical (unpaired) electrons. The fourth-order valence-electron chi connectivity index (χ4n) is 2.03. The minimum Gasteiger partial charge on any atom is -0.398 e. The Morgan fingerprint density at radius 3 is 2.83 bits per heavy atom. The van der Waals surface area contributed by atoms with Crippen molar-refractivity contribution < 1.29 is 0 Å². The first-order chi connectivity index (χ1) is 8.66. The van der Waals surface area contributed by atoms with Crippen molar-refractivity contribution in [2.24, 2.45) is 7.05 Å². The van der Waals surface area contributed by atoms with Gasteiger partial charge in [0.2, 0.25) is 0 Å². The molecular formula is C13H11ClN4. The van der Waals surface area contributed by atoms with Gasteiger partial charge in [0.25, 0.3) is 0 Å². The molecule has 0 amide bonds. The molecule has 0 bridgehead atoms. The maximum Gasteiger partial charge on any atom is 0.143 e. The van der Waals surface area contributed by atoms with Crippen molar-refractivity contribution in [1.29, 1.82) is 0 Å². The summed E-state index contributed by atoms with van der Waals surface area (Å²) in [6.45, 7) is 0. The zero-order chi connectivity index (χ0) is 12.7. The van der Waals surface area contributed by atoms with Gasteiger partial charge in [0.1, 0.15) is 11.3 Å². The second kappa shape index (κ2) is 3.99. The van der Waals surface area contributed by atoms with Crippen LogP contribution in [0.2, 0.25) is 5.02 Å².